The molecule has 1 saturated carbocycles. The number of rotatable bonds is 4. The second kappa shape index (κ2) is 5.31. The number of nitrogens with two attached hydrogens (primary N) is 1. The van der Waals surface area contributed by atoms with Gasteiger partial charge in [0.2, 0.25) is 5.91 Å². The van der Waals surface area contributed by atoms with E-state index in [1.165, 1.54) is 19.3 Å². The SMILES string of the molecule is NC(=S)C1(C(=O)NCC2CCC2)CCOCC1. The molecule has 2 rings (SSSR count). The predicted molar refractivity (Wildman–Crippen MR) is 69.6 cm³/mol. The topological polar surface area (TPSA) is 64.4 Å². The minimum Gasteiger partial charge on any atom is -0.392 e. The Labute approximate surface area is 107 Å². The Morgan fingerprint density at radius 2 is 2.06 bits per heavy atom. The molecule has 1 saturated heterocycles. The average molecular weight is 256 g/mol. The number of nitrogens with one attached hydrogen (secondary N) is 1. The van der Waals surface area contributed by atoms with Crippen LogP contribution in [0.25, 0.3) is 0 Å². The first-order chi connectivity index (χ1) is 8.15. The molecule has 5 heteroatoms. The Balaban J connectivity index is 1.94. The predicted octanol–water partition coefficient (Wildman–Crippen LogP) is 0.986. The molecule has 4 nitrogen and oxygen atoms in total. The third-order valence-corrected chi connectivity index (χ3v) is 4.42. The van der Waals surface area contributed by atoms with Crippen molar-refractivity contribution in [1.29, 1.82) is 0 Å². The summed E-state index contributed by atoms with van der Waals surface area (Å²) in [6, 6.07) is 0. The van der Waals surface area contributed by atoms with Gasteiger partial charge in [0, 0.05) is 19.8 Å². The molecule has 96 valence electrons. The summed E-state index contributed by atoms with van der Waals surface area (Å²) in [5.41, 5.74) is 5.10. The Morgan fingerprint density at radius 1 is 1.41 bits per heavy atom. The molecule has 0 aromatic heterocycles. The van der Waals surface area contributed by atoms with Gasteiger partial charge in [-0.15, -0.1) is 0 Å². The van der Waals surface area contributed by atoms with Crippen LogP contribution >= 0.6 is 12.2 Å². The zero-order valence-corrected chi connectivity index (χ0v) is 10.9. The first kappa shape index (κ1) is 12.8. The minimum atomic E-state index is -0.669. The van der Waals surface area contributed by atoms with Gasteiger partial charge in [0.15, 0.2) is 0 Å². The van der Waals surface area contributed by atoms with Crippen molar-refractivity contribution in [2.75, 3.05) is 19.8 Å². The Kier molecular flexibility index (Phi) is 3.99. The highest BCUT2D eigenvalue weighted by Gasteiger charge is 2.43. The van der Waals surface area contributed by atoms with Gasteiger partial charge >= 0.3 is 0 Å². The van der Waals surface area contributed by atoms with E-state index in [9.17, 15) is 4.79 Å². The van der Waals surface area contributed by atoms with Crippen molar-refractivity contribution >= 4 is 23.1 Å². The van der Waals surface area contributed by atoms with Crippen molar-refractivity contribution in [3.05, 3.63) is 0 Å². The van der Waals surface area contributed by atoms with E-state index in [0.29, 0.717) is 37.0 Å². The fraction of sp³-hybridized carbons (Fsp3) is 0.833. The maximum atomic E-state index is 12.3. The summed E-state index contributed by atoms with van der Waals surface area (Å²) in [7, 11) is 0. The number of hydrogen-bond donors (Lipinski definition) is 2. The molecule has 0 aromatic carbocycles. The van der Waals surface area contributed by atoms with E-state index in [-0.39, 0.29) is 5.91 Å². The largest absolute Gasteiger partial charge is 0.392 e. The van der Waals surface area contributed by atoms with E-state index >= 15 is 0 Å². The molecule has 1 heterocycles. The van der Waals surface area contributed by atoms with Crippen molar-refractivity contribution in [2.45, 2.75) is 32.1 Å². The lowest BCUT2D eigenvalue weighted by Crippen LogP contribution is -2.52. The van der Waals surface area contributed by atoms with Crippen molar-refractivity contribution in [1.82, 2.24) is 5.32 Å². The van der Waals surface area contributed by atoms with Crippen LogP contribution in [0.3, 0.4) is 0 Å². The fourth-order valence-corrected chi connectivity index (χ4v) is 2.71. The normalized spacial score (nSPS) is 23.8. The van der Waals surface area contributed by atoms with Gasteiger partial charge in [-0.3, -0.25) is 4.79 Å². The third kappa shape index (κ3) is 2.60. The van der Waals surface area contributed by atoms with Crippen LogP contribution in [0.15, 0.2) is 0 Å². The molecule has 2 aliphatic rings. The van der Waals surface area contributed by atoms with E-state index < -0.39 is 5.41 Å². The number of thiocarbonyl (C=S) groups is 1. The molecular formula is C12H20N2O2S. The molecule has 1 amide bonds. The lowest BCUT2D eigenvalue weighted by Gasteiger charge is -2.35. The number of carbonyl (C=O) groups is 1. The van der Waals surface area contributed by atoms with Gasteiger partial charge in [-0.25, -0.2) is 0 Å². The molecule has 1 aliphatic carbocycles. The molecule has 0 atom stereocenters. The second-order valence-corrected chi connectivity index (χ2v) is 5.51. The summed E-state index contributed by atoms with van der Waals surface area (Å²) in [4.78, 5) is 12.6. The maximum Gasteiger partial charge on any atom is 0.233 e. The molecule has 1 aliphatic heterocycles. The zero-order chi connectivity index (χ0) is 12.3. The van der Waals surface area contributed by atoms with Crippen LogP contribution in [0, 0.1) is 11.3 Å². The summed E-state index contributed by atoms with van der Waals surface area (Å²) in [6.45, 7) is 1.90. The number of carbonyl (C=O) groups excluding carboxylic acids is 1. The standard InChI is InChI=1S/C12H20N2O2S/c13-10(17)12(4-6-16-7-5-12)11(15)14-8-9-2-1-3-9/h9H,1-8H2,(H2,13,17)(H,14,15). The van der Waals surface area contributed by atoms with Gasteiger partial charge < -0.3 is 15.8 Å². The summed E-state index contributed by atoms with van der Waals surface area (Å²) in [5.74, 6) is 0.655. The van der Waals surface area contributed by atoms with Crippen LogP contribution < -0.4 is 11.1 Å². The zero-order valence-electron chi connectivity index (χ0n) is 10.0. The Bertz CT molecular complexity index is 310. The smallest absolute Gasteiger partial charge is 0.233 e. The number of hydrogen-bond acceptors (Lipinski definition) is 3. The second-order valence-electron chi connectivity index (χ2n) is 5.07. The Morgan fingerprint density at radius 3 is 2.53 bits per heavy atom. The number of amides is 1. The quantitative estimate of drug-likeness (QED) is 0.736. The van der Waals surface area contributed by atoms with Crippen molar-refractivity contribution in [3.8, 4) is 0 Å². The highest BCUT2D eigenvalue weighted by molar-refractivity contribution is 7.80. The van der Waals surface area contributed by atoms with Crippen LogP contribution in [0.4, 0.5) is 0 Å². The van der Waals surface area contributed by atoms with E-state index in [4.69, 9.17) is 22.7 Å². The first-order valence-electron chi connectivity index (χ1n) is 6.31. The van der Waals surface area contributed by atoms with Gasteiger partial charge in [-0.05, 0) is 31.6 Å². The first-order valence-corrected chi connectivity index (χ1v) is 6.72. The summed E-state index contributed by atoms with van der Waals surface area (Å²) < 4.78 is 5.29. The van der Waals surface area contributed by atoms with E-state index in [1.807, 2.05) is 0 Å². The van der Waals surface area contributed by atoms with Gasteiger partial charge in [0.05, 0.1) is 4.99 Å². The van der Waals surface area contributed by atoms with Gasteiger partial charge in [-0.2, -0.15) is 0 Å². The molecule has 17 heavy (non-hydrogen) atoms. The summed E-state index contributed by atoms with van der Waals surface area (Å²) in [6.07, 6.45) is 4.96. The van der Waals surface area contributed by atoms with Crippen molar-refractivity contribution in [3.63, 3.8) is 0 Å². The molecule has 0 radical (unpaired) electrons. The van der Waals surface area contributed by atoms with Crippen molar-refractivity contribution in [2.24, 2.45) is 17.1 Å². The monoisotopic (exact) mass is 256 g/mol. The maximum absolute atomic E-state index is 12.3. The molecule has 0 bridgehead atoms. The van der Waals surface area contributed by atoms with Gasteiger partial charge in [0.1, 0.15) is 5.41 Å². The van der Waals surface area contributed by atoms with Crippen LogP contribution in [0.1, 0.15) is 32.1 Å². The van der Waals surface area contributed by atoms with Crippen molar-refractivity contribution < 1.29 is 9.53 Å². The molecule has 3 N–H and O–H groups in total. The van der Waals surface area contributed by atoms with Gasteiger partial charge in [-0.1, -0.05) is 18.6 Å². The van der Waals surface area contributed by atoms with Gasteiger partial charge in [0.25, 0.3) is 0 Å². The van der Waals surface area contributed by atoms with Crippen LogP contribution in [0.2, 0.25) is 0 Å². The average Bonchev–Trinajstić information content (AvgIpc) is 2.27. The molecular weight excluding hydrogens is 236 g/mol. The molecule has 0 spiro atoms. The lowest BCUT2D eigenvalue weighted by molar-refractivity contribution is -0.131. The van der Waals surface area contributed by atoms with E-state index in [1.54, 1.807) is 0 Å². The van der Waals surface area contributed by atoms with Crippen LogP contribution in [-0.4, -0.2) is 30.7 Å². The van der Waals surface area contributed by atoms with E-state index in [2.05, 4.69) is 5.32 Å². The highest BCUT2D eigenvalue weighted by atomic mass is 32.1. The minimum absolute atomic E-state index is 0.000185. The fourth-order valence-electron chi connectivity index (χ4n) is 2.41. The Hall–Kier alpha value is -0.680. The molecule has 0 unspecified atom stereocenters. The molecule has 2 fully saturated rings. The lowest BCUT2D eigenvalue weighted by atomic mass is 9.78. The third-order valence-electron chi connectivity index (χ3n) is 4.03. The number of ether oxygens (including phenoxy) is 1. The molecule has 0 aromatic rings. The van der Waals surface area contributed by atoms with Crippen LogP contribution in [-0.2, 0) is 9.53 Å². The summed E-state index contributed by atoms with van der Waals surface area (Å²) >= 11 is 5.09. The summed E-state index contributed by atoms with van der Waals surface area (Å²) in [5, 5.41) is 3.01. The van der Waals surface area contributed by atoms with Crippen LogP contribution in [0.5, 0.6) is 0 Å². The highest BCUT2D eigenvalue weighted by Crippen LogP contribution is 2.32. The van der Waals surface area contributed by atoms with E-state index in [0.717, 1.165) is 6.54 Å².